The molecular weight excluding hydrogens is 677 g/mol. The fraction of sp³-hybridized carbons (Fsp3) is 0.905. The van der Waals surface area contributed by atoms with Crippen LogP contribution in [0.1, 0.15) is 194 Å². The number of esters is 2. The van der Waals surface area contributed by atoms with Crippen molar-refractivity contribution in [3.8, 4) is 0 Å². The van der Waals surface area contributed by atoms with Gasteiger partial charge in [0, 0.05) is 12.8 Å². The minimum atomic E-state index is -4.62. The van der Waals surface area contributed by atoms with Gasteiger partial charge in [0.05, 0.1) is 27.7 Å². The molecule has 0 fully saturated rings. The Bertz CT molecular complexity index is 907. The van der Waals surface area contributed by atoms with Gasteiger partial charge in [0.15, 0.2) is 6.10 Å². The molecule has 0 amide bonds. The third kappa shape index (κ3) is 38.5. The Morgan fingerprint density at radius 2 is 0.981 bits per heavy atom. The summed E-state index contributed by atoms with van der Waals surface area (Å²) in [5.74, 6) is -0.852. The first-order chi connectivity index (χ1) is 25.0. The maximum atomic E-state index is 12.6. The molecule has 308 valence electrons. The monoisotopic (exact) mass is 760 g/mol. The van der Waals surface area contributed by atoms with E-state index in [0.717, 1.165) is 38.5 Å². The third-order valence-corrected chi connectivity index (χ3v) is 10.2. The van der Waals surface area contributed by atoms with Crippen LogP contribution in [0.25, 0.3) is 0 Å². The number of carbonyl (C=O) groups excluding carboxylic acids is 2. The van der Waals surface area contributed by atoms with Gasteiger partial charge in [0.2, 0.25) is 0 Å². The van der Waals surface area contributed by atoms with Crippen molar-refractivity contribution in [2.75, 3.05) is 47.5 Å². The lowest BCUT2D eigenvalue weighted by Gasteiger charge is -2.28. The maximum Gasteiger partial charge on any atom is 0.306 e. The lowest BCUT2D eigenvalue weighted by Crippen LogP contribution is -2.37. The molecule has 2 atom stereocenters. The molecule has 1 unspecified atom stereocenters. The van der Waals surface area contributed by atoms with E-state index in [1.165, 1.54) is 122 Å². The highest BCUT2D eigenvalue weighted by Crippen LogP contribution is 2.38. The smallest absolute Gasteiger partial charge is 0.306 e. The molecular formula is C42H82NO8P. The van der Waals surface area contributed by atoms with E-state index in [1.54, 1.807) is 0 Å². The molecule has 0 spiro atoms. The number of hydrogen-bond donors (Lipinski definition) is 0. The average molecular weight is 760 g/mol. The molecule has 0 heterocycles. The molecule has 0 aliphatic carbocycles. The lowest BCUT2D eigenvalue weighted by atomic mass is 10.0. The van der Waals surface area contributed by atoms with E-state index < -0.39 is 26.5 Å². The number of quaternary nitrogens is 1. The number of allylic oxidation sites excluding steroid dienone is 2. The lowest BCUT2D eigenvalue weighted by molar-refractivity contribution is -0.870. The molecule has 0 bridgehead atoms. The first-order valence-corrected chi connectivity index (χ1v) is 22.9. The number of carbonyl (C=O) groups is 2. The first kappa shape index (κ1) is 50.8. The number of rotatable bonds is 39. The van der Waals surface area contributed by atoms with E-state index in [4.69, 9.17) is 18.5 Å². The van der Waals surface area contributed by atoms with Gasteiger partial charge in [0.1, 0.15) is 19.8 Å². The van der Waals surface area contributed by atoms with Crippen LogP contribution in [0, 0.1) is 0 Å². The molecule has 0 aromatic heterocycles. The van der Waals surface area contributed by atoms with Crippen LogP contribution in [-0.2, 0) is 32.7 Å². The number of nitrogens with zero attached hydrogens (tertiary/aromatic N) is 1. The fourth-order valence-corrected chi connectivity index (χ4v) is 6.61. The highest BCUT2D eigenvalue weighted by Gasteiger charge is 2.21. The molecule has 0 aliphatic heterocycles. The van der Waals surface area contributed by atoms with E-state index in [2.05, 4.69) is 26.0 Å². The second-order valence-electron chi connectivity index (χ2n) is 15.7. The van der Waals surface area contributed by atoms with E-state index in [-0.39, 0.29) is 32.0 Å². The Morgan fingerprint density at radius 1 is 0.577 bits per heavy atom. The summed E-state index contributed by atoms with van der Waals surface area (Å²) in [5.41, 5.74) is 0. The topological polar surface area (TPSA) is 111 Å². The Morgan fingerprint density at radius 3 is 1.46 bits per heavy atom. The van der Waals surface area contributed by atoms with E-state index in [0.29, 0.717) is 17.4 Å². The highest BCUT2D eigenvalue weighted by atomic mass is 31.2. The average Bonchev–Trinajstić information content (AvgIpc) is 3.09. The summed E-state index contributed by atoms with van der Waals surface area (Å²) in [5, 5.41) is 0. The summed E-state index contributed by atoms with van der Waals surface area (Å²) in [7, 11) is 1.16. The van der Waals surface area contributed by atoms with Gasteiger partial charge in [-0.1, -0.05) is 154 Å². The molecule has 0 saturated carbocycles. The van der Waals surface area contributed by atoms with Crippen molar-refractivity contribution in [1.82, 2.24) is 0 Å². The Labute approximate surface area is 320 Å². The standard InChI is InChI=1S/C42H82NO8P/c1-6-8-10-12-14-16-18-20-21-23-25-27-29-31-33-35-42(45)51-40(39-50-52(46,47)49-37-36-43(3,4)5)38-48-41(44)34-32-30-28-26-24-22-19-17-15-13-11-9-7-2/h25,27,40H,6-24,26,28-39H2,1-5H3/b27-25-/t40-/m1/s1. The Kier molecular flexibility index (Phi) is 34.6. The number of phosphoric acid groups is 1. The molecule has 0 aliphatic rings. The second kappa shape index (κ2) is 35.5. The van der Waals surface area contributed by atoms with Gasteiger partial charge in [-0.3, -0.25) is 14.2 Å². The highest BCUT2D eigenvalue weighted by molar-refractivity contribution is 7.45. The largest absolute Gasteiger partial charge is 0.756 e. The van der Waals surface area contributed by atoms with Crippen LogP contribution in [0.2, 0.25) is 0 Å². The van der Waals surface area contributed by atoms with Gasteiger partial charge >= 0.3 is 11.9 Å². The van der Waals surface area contributed by atoms with Crippen LogP contribution in [0.5, 0.6) is 0 Å². The second-order valence-corrected chi connectivity index (χ2v) is 17.1. The zero-order chi connectivity index (χ0) is 38.6. The van der Waals surface area contributed by atoms with Crippen molar-refractivity contribution >= 4 is 19.8 Å². The van der Waals surface area contributed by atoms with Gasteiger partial charge in [0.25, 0.3) is 7.82 Å². The van der Waals surface area contributed by atoms with Crippen molar-refractivity contribution in [2.45, 2.75) is 200 Å². The van der Waals surface area contributed by atoms with E-state index in [9.17, 15) is 19.0 Å². The minimum Gasteiger partial charge on any atom is -0.756 e. The number of phosphoric ester groups is 1. The summed E-state index contributed by atoms with van der Waals surface area (Å²) >= 11 is 0. The molecule has 0 saturated heterocycles. The van der Waals surface area contributed by atoms with E-state index in [1.807, 2.05) is 21.1 Å². The van der Waals surface area contributed by atoms with Crippen LogP contribution >= 0.6 is 7.82 Å². The molecule has 52 heavy (non-hydrogen) atoms. The van der Waals surface area contributed by atoms with E-state index >= 15 is 0 Å². The van der Waals surface area contributed by atoms with Crippen molar-refractivity contribution in [1.29, 1.82) is 0 Å². The molecule has 0 rings (SSSR count). The van der Waals surface area contributed by atoms with Gasteiger partial charge in [-0.2, -0.15) is 0 Å². The zero-order valence-electron chi connectivity index (χ0n) is 34.5. The van der Waals surface area contributed by atoms with Crippen LogP contribution in [0.15, 0.2) is 12.2 Å². The maximum absolute atomic E-state index is 12.6. The van der Waals surface area contributed by atoms with Crippen LogP contribution in [-0.4, -0.2) is 70.0 Å². The predicted molar refractivity (Wildman–Crippen MR) is 213 cm³/mol. The van der Waals surface area contributed by atoms with Crippen molar-refractivity contribution in [3.05, 3.63) is 12.2 Å². The van der Waals surface area contributed by atoms with Gasteiger partial charge in [-0.25, -0.2) is 0 Å². The fourth-order valence-electron chi connectivity index (χ4n) is 5.88. The van der Waals surface area contributed by atoms with Gasteiger partial charge < -0.3 is 27.9 Å². The summed E-state index contributed by atoms with van der Waals surface area (Å²) in [6.45, 7) is 4.21. The summed E-state index contributed by atoms with van der Waals surface area (Å²) in [6.07, 6.45) is 35.2. The Balaban J connectivity index is 4.39. The molecule has 10 heteroatoms. The number of unbranched alkanes of at least 4 members (excludes halogenated alkanes) is 23. The summed E-state index contributed by atoms with van der Waals surface area (Å²) in [6, 6.07) is 0. The van der Waals surface area contributed by atoms with Crippen molar-refractivity contribution in [2.24, 2.45) is 0 Å². The zero-order valence-corrected chi connectivity index (χ0v) is 35.4. The quantitative estimate of drug-likeness (QED) is 0.0200. The van der Waals surface area contributed by atoms with Crippen LogP contribution in [0.3, 0.4) is 0 Å². The molecule has 0 aromatic rings. The predicted octanol–water partition coefficient (Wildman–Crippen LogP) is 11.2. The molecule has 0 aromatic carbocycles. The summed E-state index contributed by atoms with van der Waals surface area (Å²) < 4.78 is 33.8. The molecule has 0 radical (unpaired) electrons. The minimum absolute atomic E-state index is 0.0313. The number of likely N-dealkylation sites (N-methyl/N-ethyl adjacent to an activating group) is 1. The SMILES string of the molecule is CCCCCCCCCCC/C=C\CCCCC(=O)O[C@H](COC(=O)CCCCCCCCCCCCCCC)COP(=O)([O-])OCC[N+](C)(C)C. The van der Waals surface area contributed by atoms with Gasteiger partial charge in [-0.05, 0) is 38.5 Å². The number of hydrogen-bond acceptors (Lipinski definition) is 8. The van der Waals surface area contributed by atoms with Crippen LogP contribution in [0.4, 0.5) is 0 Å². The Hall–Kier alpha value is -1.25. The van der Waals surface area contributed by atoms with Gasteiger partial charge in [-0.15, -0.1) is 0 Å². The van der Waals surface area contributed by atoms with Crippen molar-refractivity contribution in [3.63, 3.8) is 0 Å². The van der Waals surface area contributed by atoms with Crippen LogP contribution < -0.4 is 4.89 Å². The normalized spacial score (nSPS) is 13.7. The summed E-state index contributed by atoms with van der Waals surface area (Å²) in [4.78, 5) is 37.4. The molecule has 0 N–H and O–H groups in total. The number of ether oxygens (including phenoxy) is 2. The third-order valence-electron chi connectivity index (χ3n) is 9.29. The van der Waals surface area contributed by atoms with Crippen molar-refractivity contribution < 1.29 is 42.1 Å². The first-order valence-electron chi connectivity index (χ1n) is 21.4. The molecule has 9 nitrogen and oxygen atoms in total.